The van der Waals surface area contributed by atoms with Crippen LogP contribution in [0.4, 0.5) is 4.79 Å². The lowest BCUT2D eigenvalue weighted by molar-refractivity contribution is -0.120. The number of carbonyl (C=O) groups is 2. The topological polar surface area (TPSA) is 115 Å². The maximum absolute atomic E-state index is 11.7. The largest absolute Gasteiger partial charge is 0.333 e. The first kappa shape index (κ1) is 17.1. The summed E-state index contributed by atoms with van der Waals surface area (Å²) in [5.74, 6) is -0.461. The molecule has 0 aliphatic rings. The Morgan fingerprint density at radius 2 is 2.10 bits per heavy atom. The van der Waals surface area contributed by atoms with Gasteiger partial charge in [0, 0.05) is 5.54 Å². The van der Waals surface area contributed by atoms with E-state index in [4.69, 9.17) is 5.73 Å². The van der Waals surface area contributed by atoms with Crippen LogP contribution in [0.1, 0.15) is 52.3 Å². The van der Waals surface area contributed by atoms with Gasteiger partial charge in [0.15, 0.2) is 0 Å². The standard InChI is InChI=1S/C13H24N6O2/c1-5-6-9(14)10-7-19(18-17-10)8-11(20)15-12(21)16-13(2,3)4/h7,9H,5-6,8,14H2,1-4H3,(H2,15,16,20,21). The molecule has 118 valence electrons. The smallest absolute Gasteiger partial charge is 0.321 e. The number of nitrogens with two attached hydrogens (primary N) is 1. The lowest BCUT2D eigenvalue weighted by Crippen LogP contribution is -2.48. The summed E-state index contributed by atoms with van der Waals surface area (Å²) in [6.07, 6.45) is 3.38. The van der Waals surface area contributed by atoms with Gasteiger partial charge in [-0.3, -0.25) is 10.1 Å². The van der Waals surface area contributed by atoms with Crippen molar-refractivity contribution >= 4 is 11.9 Å². The van der Waals surface area contributed by atoms with Gasteiger partial charge in [-0.05, 0) is 27.2 Å². The molecule has 3 amide bonds. The molecule has 8 heteroatoms. The average Bonchev–Trinajstić information content (AvgIpc) is 2.74. The van der Waals surface area contributed by atoms with E-state index in [1.807, 2.05) is 27.7 Å². The summed E-state index contributed by atoms with van der Waals surface area (Å²) in [5.41, 5.74) is 6.16. The normalized spacial score (nSPS) is 12.8. The molecule has 0 aromatic carbocycles. The summed E-state index contributed by atoms with van der Waals surface area (Å²) in [5, 5.41) is 12.6. The summed E-state index contributed by atoms with van der Waals surface area (Å²) in [7, 11) is 0. The second-order valence-electron chi connectivity index (χ2n) is 5.99. The lowest BCUT2D eigenvalue weighted by Gasteiger charge is -2.20. The molecule has 0 bridgehead atoms. The summed E-state index contributed by atoms with van der Waals surface area (Å²) < 4.78 is 1.37. The number of nitrogens with zero attached hydrogens (tertiary/aromatic N) is 3. The first-order valence-electron chi connectivity index (χ1n) is 6.99. The van der Waals surface area contributed by atoms with Crippen molar-refractivity contribution in [1.82, 2.24) is 25.6 Å². The molecule has 0 aliphatic carbocycles. The minimum Gasteiger partial charge on any atom is -0.333 e. The summed E-state index contributed by atoms with van der Waals surface area (Å²) in [6, 6.07) is -0.716. The van der Waals surface area contributed by atoms with Crippen molar-refractivity contribution in [1.29, 1.82) is 0 Å². The van der Waals surface area contributed by atoms with E-state index in [-0.39, 0.29) is 12.6 Å². The first-order chi connectivity index (χ1) is 9.71. The zero-order valence-electron chi connectivity index (χ0n) is 13.0. The number of carbonyl (C=O) groups excluding carboxylic acids is 2. The molecule has 0 saturated heterocycles. The third-order valence-corrected chi connectivity index (χ3v) is 2.58. The van der Waals surface area contributed by atoms with Crippen molar-refractivity contribution in [3.05, 3.63) is 11.9 Å². The molecule has 0 fully saturated rings. The maximum atomic E-state index is 11.7. The van der Waals surface area contributed by atoms with Gasteiger partial charge in [0.25, 0.3) is 0 Å². The molecule has 0 saturated carbocycles. The van der Waals surface area contributed by atoms with Gasteiger partial charge in [0.1, 0.15) is 6.54 Å². The van der Waals surface area contributed by atoms with E-state index in [1.165, 1.54) is 4.68 Å². The Balaban J connectivity index is 2.50. The highest BCUT2D eigenvalue weighted by Gasteiger charge is 2.16. The van der Waals surface area contributed by atoms with Crippen LogP contribution in [0.2, 0.25) is 0 Å². The molecule has 1 heterocycles. The summed E-state index contributed by atoms with van der Waals surface area (Å²) in [6.45, 7) is 7.44. The number of hydrogen-bond donors (Lipinski definition) is 3. The minimum atomic E-state index is -0.532. The Kier molecular flexibility index (Phi) is 5.83. The molecule has 0 aliphatic heterocycles. The number of urea groups is 1. The number of hydrogen-bond acceptors (Lipinski definition) is 5. The predicted octanol–water partition coefficient (Wildman–Crippen LogP) is 0.702. The zero-order valence-corrected chi connectivity index (χ0v) is 13.0. The van der Waals surface area contributed by atoms with E-state index >= 15 is 0 Å². The number of amides is 3. The van der Waals surface area contributed by atoms with E-state index < -0.39 is 17.5 Å². The fourth-order valence-electron chi connectivity index (χ4n) is 1.70. The second-order valence-corrected chi connectivity index (χ2v) is 5.99. The van der Waals surface area contributed by atoms with Crippen molar-refractivity contribution in [3.63, 3.8) is 0 Å². The van der Waals surface area contributed by atoms with Crippen molar-refractivity contribution in [3.8, 4) is 0 Å². The van der Waals surface area contributed by atoms with Gasteiger partial charge in [0.2, 0.25) is 5.91 Å². The van der Waals surface area contributed by atoms with E-state index in [1.54, 1.807) is 6.20 Å². The van der Waals surface area contributed by atoms with E-state index in [0.29, 0.717) is 5.69 Å². The monoisotopic (exact) mass is 296 g/mol. The molecule has 8 nitrogen and oxygen atoms in total. The molecular formula is C13H24N6O2. The highest BCUT2D eigenvalue weighted by atomic mass is 16.2. The molecule has 1 unspecified atom stereocenters. The number of imide groups is 1. The predicted molar refractivity (Wildman–Crippen MR) is 78.3 cm³/mol. The van der Waals surface area contributed by atoms with Crippen LogP contribution in [0.15, 0.2) is 6.20 Å². The van der Waals surface area contributed by atoms with Crippen LogP contribution < -0.4 is 16.4 Å². The van der Waals surface area contributed by atoms with Crippen LogP contribution >= 0.6 is 0 Å². The van der Waals surface area contributed by atoms with Crippen LogP contribution in [-0.2, 0) is 11.3 Å². The Bertz CT molecular complexity index is 491. The summed E-state index contributed by atoms with van der Waals surface area (Å²) >= 11 is 0. The minimum absolute atomic E-state index is 0.0800. The van der Waals surface area contributed by atoms with Crippen LogP contribution in [0.25, 0.3) is 0 Å². The van der Waals surface area contributed by atoms with Crippen LogP contribution in [0.5, 0.6) is 0 Å². The third-order valence-electron chi connectivity index (χ3n) is 2.58. The summed E-state index contributed by atoms with van der Waals surface area (Å²) in [4.78, 5) is 23.3. The number of rotatable bonds is 5. The van der Waals surface area contributed by atoms with Gasteiger partial charge in [-0.2, -0.15) is 0 Å². The number of aromatic nitrogens is 3. The molecule has 0 spiro atoms. The van der Waals surface area contributed by atoms with Gasteiger partial charge in [-0.15, -0.1) is 5.10 Å². The second kappa shape index (κ2) is 7.16. The Morgan fingerprint density at radius 1 is 1.43 bits per heavy atom. The van der Waals surface area contributed by atoms with E-state index in [0.717, 1.165) is 12.8 Å². The van der Waals surface area contributed by atoms with E-state index in [9.17, 15) is 9.59 Å². The lowest BCUT2D eigenvalue weighted by atomic mass is 10.1. The fourth-order valence-corrected chi connectivity index (χ4v) is 1.70. The molecule has 1 aromatic heterocycles. The van der Waals surface area contributed by atoms with Crippen LogP contribution in [0, 0.1) is 0 Å². The molecule has 4 N–H and O–H groups in total. The SMILES string of the molecule is CCCC(N)c1cn(CC(=O)NC(=O)NC(C)(C)C)nn1. The van der Waals surface area contributed by atoms with Crippen molar-refractivity contribution in [2.75, 3.05) is 0 Å². The molecule has 1 aromatic rings. The highest BCUT2D eigenvalue weighted by Crippen LogP contribution is 2.11. The molecule has 21 heavy (non-hydrogen) atoms. The first-order valence-corrected chi connectivity index (χ1v) is 6.99. The molecule has 1 atom stereocenters. The van der Waals surface area contributed by atoms with Gasteiger partial charge in [-0.1, -0.05) is 18.6 Å². The average molecular weight is 296 g/mol. The molecule has 1 rings (SSSR count). The Labute approximate surface area is 124 Å². The van der Waals surface area contributed by atoms with Gasteiger partial charge < -0.3 is 11.1 Å². The van der Waals surface area contributed by atoms with Crippen molar-refractivity contribution in [2.45, 2.75) is 58.7 Å². The van der Waals surface area contributed by atoms with Gasteiger partial charge in [-0.25, -0.2) is 9.48 Å². The maximum Gasteiger partial charge on any atom is 0.321 e. The van der Waals surface area contributed by atoms with Gasteiger partial charge >= 0.3 is 6.03 Å². The Morgan fingerprint density at radius 3 is 2.67 bits per heavy atom. The van der Waals surface area contributed by atoms with Crippen LogP contribution in [-0.4, -0.2) is 32.5 Å². The van der Waals surface area contributed by atoms with Crippen LogP contribution in [0.3, 0.4) is 0 Å². The Hall–Kier alpha value is -1.96. The molecular weight excluding hydrogens is 272 g/mol. The highest BCUT2D eigenvalue weighted by molar-refractivity contribution is 5.94. The van der Waals surface area contributed by atoms with E-state index in [2.05, 4.69) is 20.9 Å². The number of nitrogens with one attached hydrogen (secondary N) is 2. The van der Waals surface area contributed by atoms with Gasteiger partial charge in [0.05, 0.1) is 17.9 Å². The zero-order chi connectivity index (χ0) is 16.0. The fraction of sp³-hybridized carbons (Fsp3) is 0.692. The van der Waals surface area contributed by atoms with Crippen molar-refractivity contribution in [2.24, 2.45) is 5.73 Å². The molecule has 0 radical (unpaired) electrons. The quantitative estimate of drug-likeness (QED) is 0.740. The third kappa shape index (κ3) is 6.35. The van der Waals surface area contributed by atoms with Crippen molar-refractivity contribution < 1.29 is 9.59 Å².